The van der Waals surface area contributed by atoms with Gasteiger partial charge in [0.25, 0.3) is 5.91 Å². The van der Waals surface area contributed by atoms with Crippen LogP contribution in [0.25, 0.3) is 0 Å². The Kier molecular flexibility index (Phi) is 5.21. The van der Waals surface area contributed by atoms with E-state index >= 15 is 0 Å². The highest BCUT2D eigenvalue weighted by Crippen LogP contribution is 2.32. The van der Waals surface area contributed by atoms with Crippen LogP contribution >= 0.6 is 23.1 Å². The van der Waals surface area contributed by atoms with Gasteiger partial charge in [-0.1, -0.05) is 35.2 Å². The minimum absolute atomic E-state index is 0.0144. The second kappa shape index (κ2) is 6.96. The number of aromatic nitrogens is 2. The maximum Gasteiger partial charge on any atom is 0.417 e. The van der Waals surface area contributed by atoms with Crippen LogP contribution in [0.1, 0.15) is 15.9 Å². The van der Waals surface area contributed by atoms with Crippen LogP contribution in [0.15, 0.2) is 28.6 Å². The van der Waals surface area contributed by atoms with Crippen molar-refractivity contribution in [3.8, 4) is 0 Å². The van der Waals surface area contributed by atoms with Gasteiger partial charge in [-0.05, 0) is 12.1 Å². The molecule has 0 radical (unpaired) electrons. The third kappa shape index (κ3) is 4.66. The Morgan fingerprint density at radius 3 is 2.61 bits per heavy atom. The van der Waals surface area contributed by atoms with Crippen molar-refractivity contribution in [1.82, 2.24) is 10.2 Å². The number of alkyl halides is 3. The summed E-state index contributed by atoms with van der Waals surface area (Å²) in [5.74, 6) is -1.50. The molecule has 0 unspecified atom stereocenters. The smallest absolute Gasteiger partial charge is 0.369 e. The standard InChI is InChI=1S/C12H9F3N4O2S2/c13-12(14,15)7-4-2-1-3-6(7)9(21)17-10-18-19-11(23-10)22-5-8(16)20/h1-4H,5H2,(H2,16,20)(H,17,18,21). The maximum absolute atomic E-state index is 12.9. The number of halogens is 3. The van der Waals surface area contributed by atoms with Crippen molar-refractivity contribution in [1.29, 1.82) is 0 Å². The second-order valence-corrected chi connectivity index (χ2v) is 6.33. The van der Waals surface area contributed by atoms with Gasteiger partial charge in [-0.15, -0.1) is 10.2 Å². The van der Waals surface area contributed by atoms with Crippen LogP contribution in [-0.4, -0.2) is 27.8 Å². The average Bonchev–Trinajstić information content (AvgIpc) is 2.92. The fourth-order valence-electron chi connectivity index (χ4n) is 1.54. The lowest BCUT2D eigenvalue weighted by atomic mass is 10.1. The molecular formula is C12H9F3N4O2S2. The van der Waals surface area contributed by atoms with Crippen LogP contribution < -0.4 is 11.1 Å². The summed E-state index contributed by atoms with van der Waals surface area (Å²) in [6, 6.07) is 4.42. The lowest BCUT2D eigenvalue weighted by Crippen LogP contribution is -2.18. The van der Waals surface area contributed by atoms with Crippen molar-refractivity contribution >= 4 is 40.0 Å². The second-order valence-electron chi connectivity index (χ2n) is 4.13. The van der Waals surface area contributed by atoms with Crippen LogP contribution in [0.4, 0.5) is 18.3 Å². The van der Waals surface area contributed by atoms with E-state index in [1.165, 1.54) is 12.1 Å². The number of primary amides is 1. The van der Waals surface area contributed by atoms with Crippen LogP contribution in [-0.2, 0) is 11.0 Å². The molecule has 0 atom stereocenters. The molecule has 0 saturated heterocycles. The molecule has 0 aliphatic heterocycles. The molecule has 11 heteroatoms. The molecule has 122 valence electrons. The van der Waals surface area contributed by atoms with Gasteiger partial charge < -0.3 is 5.73 Å². The fraction of sp³-hybridized carbons (Fsp3) is 0.167. The first-order valence-electron chi connectivity index (χ1n) is 5.99. The molecule has 1 heterocycles. The number of nitrogens with zero attached hydrogens (tertiary/aromatic N) is 2. The molecule has 23 heavy (non-hydrogen) atoms. The van der Waals surface area contributed by atoms with Crippen molar-refractivity contribution < 1.29 is 22.8 Å². The van der Waals surface area contributed by atoms with Crippen LogP contribution in [0, 0.1) is 0 Å². The Labute approximate surface area is 136 Å². The largest absolute Gasteiger partial charge is 0.417 e. The molecular weight excluding hydrogens is 353 g/mol. The summed E-state index contributed by atoms with van der Waals surface area (Å²) < 4.78 is 39.0. The number of carbonyl (C=O) groups excluding carboxylic acids is 2. The molecule has 0 saturated carbocycles. The first-order valence-corrected chi connectivity index (χ1v) is 7.80. The zero-order valence-corrected chi connectivity index (χ0v) is 12.9. The van der Waals surface area contributed by atoms with Crippen molar-refractivity contribution in [3.63, 3.8) is 0 Å². The Hall–Kier alpha value is -2.14. The summed E-state index contributed by atoms with van der Waals surface area (Å²) in [7, 11) is 0. The minimum Gasteiger partial charge on any atom is -0.369 e. The number of benzene rings is 1. The van der Waals surface area contributed by atoms with Crippen molar-refractivity contribution in [3.05, 3.63) is 35.4 Å². The van der Waals surface area contributed by atoms with Crippen LogP contribution in [0.5, 0.6) is 0 Å². The number of hydrogen-bond donors (Lipinski definition) is 2. The molecule has 1 aromatic carbocycles. The van der Waals surface area contributed by atoms with Crippen LogP contribution in [0.2, 0.25) is 0 Å². The monoisotopic (exact) mass is 362 g/mol. The molecule has 0 bridgehead atoms. The SMILES string of the molecule is NC(=O)CSc1nnc(NC(=O)c2ccccc2C(F)(F)F)s1. The molecule has 2 amide bonds. The van der Waals surface area contributed by atoms with Crippen molar-refractivity contribution in [2.24, 2.45) is 5.73 Å². The summed E-state index contributed by atoms with van der Waals surface area (Å²) in [4.78, 5) is 22.7. The lowest BCUT2D eigenvalue weighted by molar-refractivity contribution is -0.137. The third-order valence-electron chi connectivity index (χ3n) is 2.44. The molecule has 0 fully saturated rings. The third-order valence-corrected chi connectivity index (χ3v) is 4.44. The molecule has 2 aromatic rings. The lowest BCUT2D eigenvalue weighted by Gasteiger charge is -2.11. The summed E-state index contributed by atoms with van der Waals surface area (Å²) in [6.07, 6.45) is -4.64. The normalized spacial score (nSPS) is 11.3. The Morgan fingerprint density at radius 2 is 1.96 bits per heavy atom. The zero-order chi connectivity index (χ0) is 17.0. The van der Waals surface area contributed by atoms with Gasteiger partial charge in [0.2, 0.25) is 11.0 Å². The average molecular weight is 362 g/mol. The first kappa shape index (κ1) is 17.2. The maximum atomic E-state index is 12.9. The number of rotatable bonds is 5. The van der Waals surface area contributed by atoms with Gasteiger partial charge in [-0.3, -0.25) is 14.9 Å². The van der Waals surface area contributed by atoms with E-state index in [1.807, 2.05) is 0 Å². The number of hydrogen-bond acceptors (Lipinski definition) is 6. The summed E-state index contributed by atoms with van der Waals surface area (Å²) in [5, 5.41) is 9.61. The van der Waals surface area contributed by atoms with E-state index in [9.17, 15) is 22.8 Å². The van der Waals surface area contributed by atoms with E-state index in [2.05, 4.69) is 15.5 Å². The predicted molar refractivity (Wildman–Crippen MR) is 79.2 cm³/mol. The van der Waals surface area contributed by atoms with Gasteiger partial charge in [-0.2, -0.15) is 13.2 Å². The van der Waals surface area contributed by atoms with Crippen molar-refractivity contribution in [2.75, 3.05) is 11.1 Å². The van der Waals surface area contributed by atoms with E-state index < -0.39 is 29.1 Å². The Morgan fingerprint density at radius 1 is 1.26 bits per heavy atom. The number of thioether (sulfide) groups is 1. The molecule has 0 aliphatic carbocycles. The highest BCUT2D eigenvalue weighted by molar-refractivity contribution is 8.01. The van der Waals surface area contributed by atoms with Gasteiger partial charge >= 0.3 is 6.18 Å². The van der Waals surface area contributed by atoms with E-state index in [1.54, 1.807) is 0 Å². The van der Waals surface area contributed by atoms with E-state index in [-0.39, 0.29) is 10.9 Å². The summed E-state index contributed by atoms with van der Waals surface area (Å²) in [5.41, 5.74) is 3.43. The molecule has 3 N–H and O–H groups in total. The first-order chi connectivity index (χ1) is 10.8. The van der Waals surface area contributed by atoms with E-state index in [4.69, 9.17) is 5.73 Å². The number of nitrogens with one attached hydrogen (secondary N) is 1. The van der Waals surface area contributed by atoms with E-state index in [0.29, 0.717) is 4.34 Å². The Balaban J connectivity index is 2.13. The molecule has 2 rings (SSSR count). The quantitative estimate of drug-likeness (QED) is 0.629. The molecule has 1 aromatic heterocycles. The molecule has 0 aliphatic rings. The topological polar surface area (TPSA) is 98.0 Å². The molecule has 0 spiro atoms. The molecule has 6 nitrogen and oxygen atoms in total. The highest BCUT2D eigenvalue weighted by atomic mass is 32.2. The van der Waals surface area contributed by atoms with Gasteiger partial charge in [0.1, 0.15) is 0 Å². The predicted octanol–water partition coefficient (Wildman–Crippen LogP) is 2.39. The summed E-state index contributed by atoms with van der Waals surface area (Å²) in [6.45, 7) is 0. The zero-order valence-electron chi connectivity index (χ0n) is 11.3. The number of nitrogens with two attached hydrogens (primary N) is 1. The van der Waals surface area contributed by atoms with Gasteiger partial charge in [-0.25, -0.2) is 0 Å². The fourth-order valence-corrected chi connectivity index (χ4v) is 3.03. The summed E-state index contributed by atoms with van der Waals surface area (Å²) >= 11 is 1.95. The van der Waals surface area contributed by atoms with Gasteiger partial charge in [0, 0.05) is 0 Å². The Bertz CT molecular complexity index is 733. The number of carbonyl (C=O) groups is 2. The highest BCUT2D eigenvalue weighted by Gasteiger charge is 2.35. The van der Waals surface area contributed by atoms with Gasteiger partial charge in [0.05, 0.1) is 16.9 Å². The van der Waals surface area contributed by atoms with Gasteiger partial charge in [0.15, 0.2) is 4.34 Å². The van der Waals surface area contributed by atoms with Crippen LogP contribution in [0.3, 0.4) is 0 Å². The minimum atomic E-state index is -4.64. The number of amides is 2. The number of anilines is 1. The van der Waals surface area contributed by atoms with Crippen molar-refractivity contribution in [2.45, 2.75) is 10.5 Å². The van der Waals surface area contributed by atoms with E-state index in [0.717, 1.165) is 35.2 Å².